The number of ether oxygens (including phenoxy) is 2. The molecular weight excluding hydrogens is 422 g/mol. The van der Waals surface area contributed by atoms with Crippen LogP contribution in [0.3, 0.4) is 0 Å². The van der Waals surface area contributed by atoms with Crippen molar-refractivity contribution in [1.82, 2.24) is 10.9 Å². The minimum Gasteiger partial charge on any atom is -0.493 e. The summed E-state index contributed by atoms with van der Waals surface area (Å²) in [5.41, 5.74) is 4.48. The van der Waals surface area contributed by atoms with Gasteiger partial charge in [-0.25, -0.2) is 4.39 Å². The Morgan fingerprint density at radius 2 is 1.72 bits per heavy atom. The van der Waals surface area contributed by atoms with Crippen LogP contribution in [0.2, 0.25) is 10.0 Å². The molecule has 2 aromatic rings. The standard InChI is InChI=1S/C20H21Cl2FN2O4/c1-11(2)6-7-29-17-5-4-12(8-18(17)28-3)19(26)24-25-20(27)13-9-16(23)15(22)10-14(13)21/h4-5,8-11H,6-7H2,1-3H3,(H,24,26)(H,25,27). The van der Waals surface area contributed by atoms with Gasteiger partial charge >= 0.3 is 0 Å². The maximum absolute atomic E-state index is 13.6. The van der Waals surface area contributed by atoms with Gasteiger partial charge in [-0.1, -0.05) is 37.0 Å². The molecule has 29 heavy (non-hydrogen) atoms. The SMILES string of the molecule is COc1cc(C(=O)NNC(=O)c2cc(F)c(Cl)cc2Cl)ccc1OCCC(C)C. The van der Waals surface area contributed by atoms with Gasteiger partial charge in [0.25, 0.3) is 11.8 Å². The number of benzene rings is 2. The van der Waals surface area contributed by atoms with Gasteiger partial charge in [0.2, 0.25) is 0 Å². The Labute approximate surface area is 178 Å². The molecule has 0 unspecified atom stereocenters. The number of carbonyl (C=O) groups excluding carboxylic acids is 2. The van der Waals surface area contributed by atoms with Crippen molar-refractivity contribution >= 4 is 35.0 Å². The van der Waals surface area contributed by atoms with Gasteiger partial charge in [0.1, 0.15) is 5.82 Å². The largest absolute Gasteiger partial charge is 0.493 e. The van der Waals surface area contributed by atoms with Gasteiger partial charge in [-0.15, -0.1) is 0 Å². The summed E-state index contributed by atoms with van der Waals surface area (Å²) in [4.78, 5) is 24.5. The van der Waals surface area contributed by atoms with Crippen LogP contribution in [0.25, 0.3) is 0 Å². The molecule has 2 rings (SSSR count). The summed E-state index contributed by atoms with van der Waals surface area (Å²) in [5, 5.41) is -0.258. The average Bonchev–Trinajstić information content (AvgIpc) is 2.68. The second-order valence-corrected chi connectivity index (χ2v) is 7.37. The monoisotopic (exact) mass is 442 g/mol. The summed E-state index contributed by atoms with van der Waals surface area (Å²) < 4.78 is 24.5. The number of rotatable bonds is 7. The van der Waals surface area contributed by atoms with Gasteiger partial charge < -0.3 is 9.47 Å². The summed E-state index contributed by atoms with van der Waals surface area (Å²) in [6.07, 6.45) is 0.880. The fourth-order valence-corrected chi connectivity index (χ4v) is 2.75. The lowest BCUT2D eigenvalue weighted by Crippen LogP contribution is -2.41. The van der Waals surface area contributed by atoms with E-state index in [0.717, 1.165) is 18.6 Å². The highest BCUT2D eigenvalue weighted by Crippen LogP contribution is 2.28. The van der Waals surface area contributed by atoms with Gasteiger partial charge in [0.05, 0.1) is 29.3 Å². The third kappa shape index (κ3) is 6.24. The topological polar surface area (TPSA) is 76.7 Å². The molecule has 0 aliphatic rings. The number of nitrogens with one attached hydrogen (secondary N) is 2. The lowest BCUT2D eigenvalue weighted by Gasteiger charge is -2.13. The third-order valence-corrected chi connectivity index (χ3v) is 4.53. The number of hydrogen-bond acceptors (Lipinski definition) is 4. The molecule has 0 saturated heterocycles. The zero-order chi connectivity index (χ0) is 21.6. The molecule has 156 valence electrons. The van der Waals surface area contributed by atoms with E-state index >= 15 is 0 Å². The number of halogens is 3. The van der Waals surface area contributed by atoms with Crippen molar-refractivity contribution in [2.45, 2.75) is 20.3 Å². The zero-order valence-electron chi connectivity index (χ0n) is 16.1. The minimum atomic E-state index is -0.801. The van der Waals surface area contributed by atoms with Crippen molar-refractivity contribution < 1.29 is 23.5 Å². The summed E-state index contributed by atoms with van der Waals surface area (Å²) in [5.74, 6) is -0.800. The minimum absolute atomic E-state index is 0.0484. The van der Waals surface area contributed by atoms with Crippen LogP contribution in [0.1, 0.15) is 41.0 Å². The Balaban J connectivity index is 2.03. The first-order valence-corrected chi connectivity index (χ1v) is 9.54. The van der Waals surface area contributed by atoms with Crippen molar-refractivity contribution in [2.24, 2.45) is 5.92 Å². The third-order valence-electron chi connectivity index (χ3n) is 3.92. The van der Waals surface area contributed by atoms with Crippen LogP contribution in [0, 0.1) is 11.7 Å². The Kier molecular flexibility index (Phi) is 8.10. The van der Waals surface area contributed by atoms with Gasteiger partial charge in [0.15, 0.2) is 11.5 Å². The number of hydrazine groups is 1. The summed E-state index contributed by atoms with van der Waals surface area (Å²) >= 11 is 11.5. The molecule has 0 radical (unpaired) electrons. The van der Waals surface area contributed by atoms with Crippen molar-refractivity contribution in [3.8, 4) is 11.5 Å². The second-order valence-electron chi connectivity index (χ2n) is 6.55. The number of carbonyl (C=O) groups is 2. The van der Waals surface area contributed by atoms with Crippen LogP contribution < -0.4 is 20.3 Å². The lowest BCUT2D eigenvalue weighted by atomic mass is 10.1. The van der Waals surface area contributed by atoms with Crippen LogP contribution in [-0.4, -0.2) is 25.5 Å². The zero-order valence-corrected chi connectivity index (χ0v) is 17.7. The Bertz CT molecular complexity index is 906. The molecule has 0 heterocycles. The summed E-state index contributed by atoms with van der Waals surface area (Å²) in [6, 6.07) is 6.63. The maximum Gasteiger partial charge on any atom is 0.271 e. The fourth-order valence-electron chi connectivity index (χ4n) is 2.28. The summed E-state index contributed by atoms with van der Waals surface area (Å²) in [7, 11) is 1.46. The molecule has 0 saturated carbocycles. The molecule has 0 bridgehead atoms. The second kappa shape index (κ2) is 10.3. The van der Waals surface area contributed by atoms with Crippen molar-refractivity contribution in [1.29, 1.82) is 0 Å². The van der Waals surface area contributed by atoms with E-state index in [1.54, 1.807) is 6.07 Å². The molecular formula is C20H21Cl2FN2O4. The Morgan fingerprint density at radius 3 is 2.38 bits per heavy atom. The highest BCUT2D eigenvalue weighted by Gasteiger charge is 2.16. The molecule has 0 aliphatic carbocycles. The predicted molar refractivity (Wildman–Crippen MR) is 109 cm³/mol. The van der Waals surface area contributed by atoms with Crippen LogP contribution in [0.5, 0.6) is 11.5 Å². The first kappa shape index (κ1) is 22.8. The van der Waals surface area contributed by atoms with E-state index in [1.807, 2.05) is 0 Å². The molecule has 9 heteroatoms. The van der Waals surface area contributed by atoms with Gasteiger partial charge in [-0.05, 0) is 42.7 Å². The fraction of sp³-hybridized carbons (Fsp3) is 0.300. The van der Waals surface area contributed by atoms with Gasteiger partial charge in [-0.3, -0.25) is 20.4 Å². The van der Waals surface area contributed by atoms with E-state index in [0.29, 0.717) is 24.0 Å². The quantitative estimate of drug-likeness (QED) is 0.483. The molecule has 6 nitrogen and oxygen atoms in total. The normalized spacial score (nSPS) is 10.6. The Morgan fingerprint density at radius 1 is 1.03 bits per heavy atom. The van der Waals surface area contributed by atoms with Crippen LogP contribution in [0.15, 0.2) is 30.3 Å². The number of amides is 2. The van der Waals surface area contributed by atoms with E-state index < -0.39 is 17.6 Å². The molecule has 2 aromatic carbocycles. The molecule has 0 atom stereocenters. The van der Waals surface area contributed by atoms with Crippen LogP contribution >= 0.6 is 23.2 Å². The molecule has 0 aromatic heterocycles. The van der Waals surface area contributed by atoms with Crippen molar-refractivity contribution in [2.75, 3.05) is 13.7 Å². The predicted octanol–water partition coefficient (Wildman–Crippen LogP) is 4.64. The number of hydrogen-bond donors (Lipinski definition) is 2. The average molecular weight is 443 g/mol. The molecule has 0 aliphatic heterocycles. The highest BCUT2D eigenvalue weighted by molar-refractivity contribution is 6.36. The Hall–Kier alpha value is -2.51. The first-order chi connectivity index (χ1) is 13.7. The first-order valence-electron chi connectivity index (χ1n) is 8.79. The lowest BCUT2D eigenvalue weighted by molar-refractivity contribution is 0.0846. The van der Waals surface area contributed by atoms with E-state index in [9.17, 15) is 14.0 Å². The van der Waals surface area contributed by atoms with Gasteiger partial charge in [-0.2, -0.15) is 0 Å². The van der Waals surface area contributed by atoms with E-state index in [4.69, 9.17) is 32.7 Å². The van der Waals surface area contributed by atoms with E-state index in [-0.39, 0.29) is 21.2 Å². The molecule has 0 spiro atoms. The van der Waals surface area contributed by atoms with Gasteiger partial charge in [0, 0.05) is 5.56 Å². The maximum atomic E-state index is 13.6. The van der Waals surface area contributed by atoms with Crippen molar-refractivity contribution in [3.05, 3.63) is 57.3 Å². The highest BCUT2D eigenvalue weighted by atomic mass is 35.5. The van der Waals surface area contributed by atoms with E-state index in [1.165, 1.54) is 19.2 Å². The smallest absolute Gasteiger partial charge is 0.271 e. The molecule has 2 amide bonds. The van der Waals surface area contributed by atoms with E-state index in [2.05, 4.69) is 24.7 Å². The van der Waals surface area contributed by atoms with Crippen LogP contribution in [-0.2, 0) is 0 Å². The number of methoxy groups -OCH3 is 1. The summed E-state index contributed by atoms with van der Waals surface area (Å²) in [6.45, 7) is 4.70. The molecule has 2 N–H and O–H groups in total. The molecule has 0 fully saturated rings. The van der Waals surface area contributed by atoms with Crippen LogP contribution in [0.4, 0.5) is 4.39 Å². The van der Waals surface area contributed by atoms with Crippen molar-refractivity contribution in [3.63, 3.8) is 0 Å².